The van der Waals surface area contributed by atoms with E-state index in [0.717, 1.165) is 6.42 Å². The van der Waals surface area contributed by atoms with Gasteiger partial charge in [-0.25, -0.2) is 0 Å². The first-order chi connectivity index (χ1) is 6.57. The predicted molar refractivity (Wildman–Crippen MR) is 63.4 cm³/mol. The van der Waals surface area contributed by atoms with Gasteiger partial charge in [0.05, 0.1) is 0 Å². The summed E-state index contributed by atoms with van der Waals surface area (Å²) in [7, 11) is 0. The Hall–Kier alpha value is -0.930. The second-order valence-corrected chi connectivity index (χ2v) is 3.63. The normalized spacial score (nSPS) is 14.1. The maximum absolute atomic E-state index is 9.58. The molecule has 1 unspecified atom stereocenters. The SMILES string of the molecule is CCC(C)[C@@H](N)c1cccc(O)c1O.Cl. The molecule has 1 aromatic carbocycles. The number of aromatic hydroxyl groups is 2. The summed E-state index contributed by atoms with van der Waals surface area (Å²) in [5.74, 6) is 0.0734. The van der Waals surface area contributed by atoms with Gasteiger partial charge in [0.1, 0.15) is 0 Å². The highest BCUT2D eigenvalue weighted by atomic mass is 35.5. The van der Waals surface area contributed by atoms with E-state index < -0.39 is 0 Å². The molecule has 0 aromatic heterocycles. The fourth-order valence-corrected chi connectivity index (χ4v) is 1.38. The van der Waals surface area contributed by atoms with Crippen LogP contribution in [0.15, 0.2) is 18.2 Å². The summed E-state index contributed by atoms with van der Waals surface area (Å²) >= 11 is 0. The van der Waals surface area contributed by atoms with Gasteiger partial charge in [-0.1, -0.05) is 32.4 Å². The number of phenols is 2. The van der Waals surface area contributed by atoms with Gasteiger partial charge in [-0.2, -0.15) is 0 Å². The molecule has 15 heavy (non-hydrogen) atoms. The van der Waals surface area contributed by atoms with Crippen LogP contribution in [0, 0.1) is 5.92 Å². The number of benzene rings is 1. The molecule has 0 saturated carbocycles. The van der Waals surface area contributed by atoms with Crippen molar-refractivity contribution in [3.05, 3.63) is 23.8 Å². The molecule has 1 aromatic rings. The highest BCUT2D eigenvalue weighted by Gasteiger charge is 2.17. The van der Waals surface area contributed by atoms with Crippen molar-refractivity contribution in [3.8, 4) is 11.5 Å². The van der Waals surface area contributed by atoms with Crippen molar-refractivity contribution in [2.75, 3.05) is 0 Å². The van der Waals surface area contributed by atoms with Crippen molar-refractivity contribution in [1.29, 1.82) is 0 Å². The van der Waals surface area contributed by atoms with E-state index in [2.05, 4.69) is 0 Å². The van der Waals surface area contributed by atoms with Crippen LogP contribution >= 0.6 is 12.4 Å². The molecule has 4 heteroatoms. The molecule has 0 heterocycles. The van der Waals surface area contributed by atoms with Crippen LogP contribution in [0.5, 0.6) is 11.5 Å². The number of halogens is 1. The molecule has 0 radical (unpaired) electrons. The van der Waals surface area contributed by atoms with Crippen LogP contribution < -0.4 is 5.73 Å². The summed E-state index contributed by atoms with van der Waals surface area (Å²) in [6.45, 7) is 4.07. The maximum Gasteiger partial charge on any atom is 0.162 e. The number of rotatable bonds is 3. The molecule has 0 aliphatic heterocycles. The van der Waals surface area contributed by atoms with Crippen molar-refractivity contribution < 1.29 is 10.2 Å². The lowest BCUT2D eigenvalue weighted by Crippen LogP contribution is -2.18. The average Bonchev–Trinajstić information content (AvgIpc) is 2.20. The number of hydrogen-bond acceptors (Lipinski definition) is 3. The van der Waals surface area contributed by atoms with E-state index in [9.17, 15) is 10.2 Å². The molecular weight excluding hydrogens is 214 g/mol. The summed E-state index contributed by atoms with van der Waals surface area (Å²) in [4.78, 5) is 0. The Bertz CT molecular complexity index is 317. The van der Waals surface area contributed by atoms with E-state index in [0.29, 0.717) is 5.56 Å². The maximum atomic E-state index is 9.58. The lowest BCUT2D eigenvalue weighted by Gasteiger charge is -2.19. The quantitative estimate of drug-likeness (QED) is 0.701. The summed E-state index contributed by atoms with van der Waals surface area (Å²) in [5, 5.41) is 18.9. The smallest absolute Gasteiger partial charge is 0.162 e. The average molecular weight is 232 g/mol. The first-order valence-electron chi connectivity index (χ1n) is 4.84. The summed E-state index contributed by atoms with van der Waals surface area (Å²) < 4.78 is 0. The molecule has 2 atom stereocenters. The van der Waals surface area contributed by atoms with E-state index in [4.69, 9.17) is 5.73 Å². The van der Waals surface area contributed by atoms with E-state index in [1.807, 2.05) is 13.8 Å². The first kappa shape index (κ1) is 14.1. The lowest BCUT2D eigenvalue weighted by atomic mass is 9.92. The molecule has 0 aliphatic carbocycles. The van der Waals surface area contributed by atoms with Gasteiger partial charge in [-0.3, -0.25) is 0 Å². The Morgan fingerprint density at radius 1 is 1.33 bits per heavy atom. The summed E-state index contributed by atoms with van der Waals surface area (Å²) in [5.41, 5.74) is 6.56. The third kappa shape index (κ3) is 3.01. The highest BCUT2D eigenvalue weighted by Crippen LogP contribution is 2.34. The largest absolute Gasteiger partial charge is 0.504 e. The van der Waals surface area contributed by atoms with Crippen LogP contribution in [0.3, 0.4) is 0 Å². The molecule has 0 saturated heterocycles. The number of para-hydroxylation sites is 1. The van der Waals surface area contributed by atoms with Crippen LogP contribution in [-0.4, -0.2) is 10.2 Å². The van der Waals surface area contributed by atoms with Crippen LogP contribution in [0.1, 0.15) is 31.9 Å². The van der Waals surface area contributed by atoms with Crippen LogP contribution in [0.2, 0.25) is 0 Å². The molecule has 3 nitrogen and oxygen atoms in total. The molecule has 4 N–H and O–H groups in total. The van der Waals surface area contributed by atoms with Gasteiger partial charge >= 0.3 is 0 Å². The van der Waals surface area contributed by atoms with E-state index >= 15 is 0 Å². The Morgan fingerprint density at radius 2 is 1.93 bits per heavy atom. The van der Waals surface area contributed by atoms with Gasteiger partial charge in [0.25, 0.3) is 0 Å². The van der Waals surface area contributed by atoms with Crippen molar-refractivity contribution >= 4 is 12.4 Å². The van der Waals surface area contributed by atoms with Gasteiger partial charge in [-0.15, -0.1) is 12.4 Å². The minimum absolute atomic E-state index is 0. The van der Waals surface area contributed by atoms with E-state index in [-0.39, 0.29) is 35.9 Å². The molecule has 1 rings (SSSR count). The minimum Gasteiger partial charge on any atom is -0.504 e. The Labute approximate surface area is 96.3 Å². The van der Waals surface area contributed by atoms with Gasteiger partial charge < -0.3 is 15.9 Å². The van der Waals surface area contributed by atoms with Crippen molar-refractivity contribution in [1.82, 2.24) is 0 Å². The Morgan fingerprint density at radius 3 is 2.47 bits per heavy atom. The second-order valence-electron chi connectivity index (χ2n) is 3.63. The Kier molecular flexibility index (Phi) is 5.47. The van der Waals surface area contributed by atoms with Crippen LogP contribution in [0.25, 0.3) is 0 Å². The molecule has 86 valence electrons. The van der Waals surface area contributed by atoms with Crippen LogP contribution in [-0.2, 0) is 0 Å². The predicted octanol–water partition coefficient (Wildman–Crippen LogP) is 2.57. The molecular formula is C11H18ClNO2. The molecule has 0 amide bonds. The molecule has 0 bridgehead atoms. The zero-order valence-corrected chi connectivity index (χ0v) is 9.79. The molecule has 0 aliphatic rings. The fourth-order valence-electron chi connectivity index (χ4n) is 1.38. The standard InChI is InChI=1S/C11H17NO2.ClH/c1-3-7(2)10(12)8-5-4-6-9(13)11(8)14;/h4-7,10,13-14H,3,12H2,1-2H3;1H/t7?,10-;/m1./s1. The lowest BCUT2D eigenvalue weighted by molar-refractivity contribution is 0.382. The number of hydrogen-bond donors (Lipinski definition) is 3. The first-order valence-corrected chi connectivity index (χ1v) is 4.84. The zero-order valence-electron chi connectivity index (χ0n) is 8.97. The monoisotopic (exact) mass is 231 g/mol. The zero-order chi connectivity index (χ0) is 10.7. The summed E-state index contributed by atoms with van der Waals surface area (Å²) in [6.07, 6.45) is 0.941. The fraction of sp³-hybridized carbons (Fsp3) is 0.455. The third-order valence-electron chi connectivity index (χ3n) is 2.66. The Balaban J connectivity index is 0.00000196. The second kappa shape index (κ2) is 5.83. The van der Waals surface area contributed by atoms with Gasteiger partial charge in [0.2, 0.25) is 0 Å². The molecule has 0 fully saturated rings. The van der Waals surface area contributed by atoms with Gasteiger partial charge in [-0.05, 0) is 12.0 Å². The topological polar surface area (TPSA) is 66.5 Å². The van der Waals surface area contributed by atoms with Gasteiger partial charge in [0.15, 0.2) is 11.5 Å². The summed E-state index contributed by atoms with van der Waals surface area (Å²) in [6, 6.07) is 4.65. The van der Waals surface area contributed by atoms with Crippen molar-refractivity contribution in [3.63, 3.8) is 0 Å². The number of nitrogens with two attached hydrogens (primary N) is 1. The van der Waals surface area contributed by atoms with E-state index in [1.165, 1.54) is 6.07 Å². The van der Waals surface area contributed by atoms with Crippen molar-refractivity contribution in [2.24, 2.45) is 11.7 Å². The minimum atomic E-state index is -0.230. The van der Waals surface area contributed by atoms with E-state index in [1.54, 1.807) is 12.1 Å². The van der Waals surface area contributed by atoms with Crippen molar-refractivity contribution in [2.45, 2.75) is 26.3 Å². The highest BCUT2D eigenvalue weighted by molar-refractivity contribution is 5.85. The van der Waals surface area contributed by atoms with Crippen LogP contribution in [0.4, 0.5) is 0 Å². The molecule has 0 spiro atoms. The number of phenolic OH excluding ortho intramolecular Hbond substituents is 2. The van der Waals surface area contributed by atoms with Gasteiger partial charge in [0, 0.05) is 11.6 Å². The third-order valence-corrected chi connectivity index (χ3v) is 2.66.